The first-order valence-electron chi connectivity index (χ1n) is 7.14. The van der Waals surface area contributed by atoms with Crippen LogP contribution in [0, 0.1) is 6.92 Å². The summed E-state index contributed by atoms with van der Waals surface area (Å²) in [4.78, 5) is 0. The fraction of sp³-hybridized carbons (Fsp3) is 0.733. The number of furan rings is 1. The van der Waals surface area contributed by atoms with Crippen LogP contribution < -0.4 is 5.32 Å². The smallest absolute Gasteiger partial charge is 0.130 e. The Balaban J connectivity index is 2.27. The zero-order chi connectivity index (χ0) is 13.2. The van der Waals surface area contributed by atoms with Gasteiger partial charge in [0.25, 0.3) is 0 Å². The topological polar surface area (TPSA) is 34.4 Å². The normalized spacial score (nSPS) is 11.1. The second-order valence-corrected chi connectivity index (χ2v) is 4.76. The Morgan fingerprint density at radius 2 is 2.06 bits per heavy atom. The van der Waals surface area contributed by atoms with E-state index >= 15 is 0 Å². The van der Waals surface area contributed by atoms with E-state index < -0.39 is 0 Å². The van der Waals surface area contributed by atoms with Gasteiger partial charge in [-0.1, -0.05) is 26.7 Å². The van der Waals surface area contributed by atoms with Crippen LogP contribution in [0.4, 0.5) is 0 Å². The molecular weight excluding hydrogens is 226 g/mol. The van der Waals surface area contributed by atoms with Crippen LogP contribution in [0.1, 0.15) is 56.6 Å². The van der Waals surface area contributed by atoms with Crippen LogP contribution in [-0.4, -0.2) is 13.2 Å². The summed E-state index contributed by atoms with van der Waals surface area (Å²) < 4.78 is 11.4. The Kier molecular flexibility index (Phi) is 7.78. The van der Waals surface area contributed by atoms with Crippen LogP contribution in [-0.2, 0) is 17.9 Å². The second-order valence-electron chi connectivity index (χ2n) is 4.76. The monoisotopic (exact) mass is 253 g/mol. The molecule has 3 heteroatoms. The largest absolute Gasteiger partial charge is 0.462 e. The number of rotatable bonds is 10. The molecule has 1 heterocycles. The molecule has 0 aromatic carbocycles. The molecule has 3 nitrogen and oxygen atoms in total. The summed E-state index contributed by atoms with van der Waals surface area (Å²) in [6.07, 6.45) is 4.76. The summed E-state index contributed by atoms with van der Waals surface area (Å²) in [6, 6.07) is 2.09. The first-order chi connectivity index (χ1) is 8.77. The SMILES string of the molecule is CCCCCOCc1cc(C)c(CNCCC)o1. The van der Waals surface area contributed by atoms with Gasteiger partial charge in [0.1, 0.15) is 18.1 Å². The third-order valence-electron chi connectivity index (χ3n) is 2.92. The first kappa shape index (κ1) is 15.3. The van der Waals surface area contributed by atoms with Gasteiger partial charge in [-0.15, -0.1) is 0 Å². The predicted octanol–water partition coefficient (Wildman–Crippen LogP) is 3.79. The molecule has 0 aliphatic heterocycles. The van der Waals surface area contributed by atoms with Crippen molar-refractivity contribution in [3.05, 3.63) is 23.2 Å². The number of hydrogen-bond acceptors (Lipinski definition) is 3. The van der Waals surface area contributed by atoms with Crippen LogP contribution in [0.15, 0.2) is 10.5 Å². The minimum absolute atomic E-state index is 0.596. The van der Waals surface area contributed by atoms with E-state index in [2.05, 4.69) is 32.2 Å². The third kappa shape index (κ3) is 5.69. The number of aryl methyl sites for hydroxylation is 1. The van der Waals surface area contributed by atoms with E-state index in [1.165, 1.54) is 18.4 Å². The summed E-state index contributed by atoms with van der Waals surface area (Å²) >= 11 is 0. The lowest BCUT2D eigenvalue weighted by atomic mass is 10.2. The van der Waals surface area contributed by atoms with Gasteiger partial charge < -0.3 is 14.5 Å². The lowest BCUT2D eigenvalue weighted by Crippen LogP contribution is -2.13. The maximum absolute atomic E-state index is 5.78. The Morgan fingerprint density at radius 1 is 1.22 bits per heavy atom. The Hall–Kier alpha value is -0.800. The van der Waals surface area contributed by atoms with Gasteiger partial charge in [-0.2, -0.15) is 0 Å². The first-order valence-corrected chi connectivity index (χ1v) is 7.14. The van der Waals surface area contributed by atoms with Crippen molar-refractivity contribution < 1.29 is 9.15 Å². The standard InChI is InChI=1S/C15H27NO2/c1-4-6-7-9-17-12-14-10-13(3)15(18-14)11-16-8-5-2/h10,16H,4-9,11-12H2,1-3H3. The van der Waals surface area contributed by atoms with E-state index in [1.807, 2.05) is 0 Å². The lowest BCUT2D eigenvalue weighted by Gasteiger charge is -2.02. The molecule has 0 fully saturated rings. The van der Waals surface area contributed by atoms with Gasteiger partial charge in [-0.25, -0.2) is 0 Å². The van der Waals surface area contributed by atoms with E-state index in [4.69, 9.17) is 9.15 Å². The van der Waals surface area contributed by atoms with Gasteiger partial charge >= 0.3 is 0 Å². The van der Waals surface area contributed by atoms with Crippen molar-refractivity contribution in [1.29, 1.82) is 0 Å². The van der Waals surface area contributed by atoms with Crippen molar-refractivity contribution in [2.24, 2.45) is 0 Å². The van der Waals surface area contributed by atoms with Crippen molar-refractivity contribution in [2.45, 2.75) is 59.6 Å². The van der Waals surface area contributed by atoms with Gasteiger partial charge in [0.15, 0.2) is 0 Å². The summed E-state index contributed by atoms with van der Waals surface area (Å²) in [6.45, 7) is 9.73. The maximum Gasteiger partial charge on any atom is 0.130 e. The molecule has 0 saturated carbocycles. The molecule has 0 aliphatic carbocycles. The van der Waals surface area contributed by atoms with E-state index in [0.717, 1.165) is 44.1 Å². The molecule has 0 spiro atoms. The predicted molar refractivity (Wildman–Crippen MR) is 74.6 cm³/mol. The van der Waals surface area contributed by atoms with Gasteiger partial charge in [-0.3, -0.25) is 0 Å². The summed E-state index contributed by atoms with van der Waals surface area (Å²) in [5.41, 5.74) is 1.21. The van der Waals surface area contributed by atoms with Gasteiger partial charge in [0, 0.05) is 6.61 Å². The van der Waals surface area contributed by atoms with Crippen molar-refractivity contribution in [3.63, 3.8) is 0 Å². The molecule has 0 radical (unpaired) electrons. The van der Waals surface area contributed by atoms with Crippen LogP contribution in [0.2, 0.25) is 0 Å². The molecule has 0 saturated heterocycles. The van der Waals surface area contributed by atoms with Gasteiger partial charge in [0.2, 0.25) is 0 Å². The molecular formula is C15H27NO2. The molecule has 0 unspecified atom stereocenters. The average molecular weight is 253 g/mol. The lowest BCUT2D eigenvalue weighted by molar-refractivity contribution is 0.102. The minimum atomic E-state index is 0.596. The van der Waals surface area contributed by atoms with Crippen LogP contribution in [0.3, 0.4) is 0 Å². The van der Waals surface area contributed by atoms with Crippen LogP contribution in [0.25, 0.3) is 0 Å². The van der Waals surface area contributed by atoms with Crippen LogP contribution >= 0.6 is 0 Å². The number of unbranched alkanes of at least 4 members (excludes halogenated alkanes) is 2. The molecule has 1 aromatic heterocycles. The van der Waals surface area contributed by atoms with Gasteiger partial charge in [0.05, 0.1) is 6.54 Å². The Bertz CT molecular complexity index is 320. The number of hydrogen-bond donors (Lipinski definition) is 1. The maximum atomic E-state index is 5.78. The molecule has 0 aliphatic rings. The summed E-state index contributed by atoms with van der Waals surface area (Å²) in [5.74, 6) is 1.98. The summed E-state index contributed by atoms with van der Waals surface area (Å²) in [5, 5.41) is 3.35. The fourth-order valence-electron chi connectivity index (χ4n) is 1.84. The molecule has 104 valence electrons. The van der Waals surface area contributed by atoms with E-state index in [-0.39, 0.29) is 0 Å². The number of ether oxygens (including phenoxy) is 1. The highest BCUT2D eigenvalue weighted by molar-refractivity contribution is 5.19. The summed E-state index contributed by atoms with van der Waals surface area (Å²) in [7, 11) is 0. The Labute approximate surface area is 111 Å². The molecule has 0 atom stereocenters. The third-order valence-corrected chi connectivity index (χ3v) is 2.92. The van der Waals surface area contributed by atoms with Crippen molar-refractivity contribution in [2.75, 3.05) is 13.2 Å². The zero-order valence-electron chi connectivity index (χ0n) is 12.1. The molecule has 0 bridgehead atoms. The zero-order valence-corrected chi connectivity index (χ0v) is 12.1. The second kappa shape index (κ2) is 9.17. The minimum Gasteiger partial charge on any atom is -0.462 e. The molecule has 1 aromatic rings. The molecule has 0 amide bonds. The van der Waals surface area contributed by atoms with Gasteiger partial charge in [-0.05, 0) is 37.9 Å². The highest BCUT2D eigenvalue weighted by Crippen LogP contribution is 2.15. The average Bonchev–Trinajstić information content (AvgIpc) is 2.70. The van der Waals surface area contributed by atoms with E-state index in [1.54, 1.807) is 0 Å². The molecule has 1 rings (SSSR count). The highest BCUT2D eigenvalue weighted by atomic mass is 16.5. The molecule has 1 N–H and O–H groups in total. The van der Waals surface area contributed by atoms with E-state index in [0.29, 0.717) is 6.61 Å². The fourth-order valence-corrected chi connectivity index (χ4v) is 1.84. The van der Waals surface area contributed by atoms with Crippen molar-refractivity contribution in [3.8, 4) is 0 Å². The highest BCUT2D eigenvalue weighted by Gasteiger charge is 2.07. The van der Waals surface area contributed by atoms with E-state index in [9.17, 15) is 0 Å². The van der Waals surface area contributed by atoms with Crippen molar-refractivity contribution >= 4 is 0 Å². The quantitative estimate of drug-likeness (QED) is 0.644. The molecule has 18 heavy (non-hydrogen) atoms. The Morgan fingerprint density at radius 3 is 2.78 bits per heavy atom. The van der Waals surface area contributed by atoms with Crippen molar-refractivity contribution in [1.82, 2.24) is 5.32 Å². The number of nitrogens with one attached hydrogen (secondary N) is 1. The van der Waals surface area contributed by atoms with Crippen LogP contribution in [0.5, 0.6) is 0 Å².